The second kappa shape index (κ2) is 6.00. The first-order valence-corrected chi connectivity index (χ1v) is 5.87. The van der Waals surface area contributed by atoms with Crippen molar-refractivity contribution in [3.05, 3.63) is 53.9 Å². The monoisotopic (exact) mass is 257 g/mol. The lowest BCUT2D eigenvalue weighted by Crippen LogP contribution is -2.03. The molecule has 19 heavy (non-hydrogen) atoms. The van der Waals surface area contributed by atoms with E-state index in [1.54, 1.807) is 32.7 Å². The number of carbonyl (C=O) groups excluding carboxylic acids is 1. The van der Waals surface area contributed by atoms with Crippen LogP contribution in [0.15, 0.2) is 42.7 Å². The summed E-state index contributed by atoms with van der Waals surface area (Å²) in [4.78, 5) is 15.3. The quantitative estimate of drug-likeness (QED) is 0.772. The molecule has 1 atom stereocenters. The number of rotatable bonds is 5. The summed E-state index contributed by atoms with van der Waals surface area (Å²) in [7, 11) is 3.15. The lowest BCUT2D eigenvalue weighted by Gasteiger charge is -2.14. The molecule has 0 bridgehead atoms. The number of aldehydes is 1. The SMILES string of the molecule is COc1ccc(C(C=O)c2ccncc2)cc1OC. The van der Waals surface area contributed by atoms with Crippen molar-refractivity contribution in [3.63, 3.8) is 0 Å². The van der Waals surface area contributed by atoms with Crippen LogP contribution < -0.4 is 9.47 Å². The molecular weight excluding hydrogens is 242 g/mol. The van der Waals surface area contributed by atoms with E-state index in [4.69, 9.17) is 9.47 Å². The average Bonchev–Trinajstić information content (AvgIpc) is 2.49. The smallest absolute Gasteiger partial charge is 0.161 e. The van der Waals surface area contributed by atoms with Crippen LogP contribution in [-0.2, 0) is 4.79 Å². The van der Waals surface area contributed by atoms with Gasteiger partial charge in [0.25, 0.3) is 0 Å². The molecule has 0 aliphatic heterocycles. The zero-order valence-corrected chi connectivity index (χ0v) is 10.9. The number of nitrogens with zero attached hydrogens (tertiary/aromatic N) is 1. The predicted molar refractivity (Wildman–Crippen MR) is 71.7 cm³/mol. The van der Waals surface area contributed by atoms with Crippen molar-refractivity contribution >= 4 is 6.29 Å². The van der Waals surface area contributed by atoms with Gasteiger partial charge in [-0.2, -0.15) is 0 Å². The number of methoxy groups -OCH3 is 2. The zero-order valence-electron chi connectivity index (χ0n) is 10.9. The number of carbonyl (C=O) groups is 1. The number of benzene rings is 1. The van der Waals surface area contributed by atoms with Gasteiger partial charge in [0.2, 0.25) is 0 Å². The van der Waals surface area contributed by atoms with Gasteiger partial charge in [-0.15, -0.1) is 0 Å². The minimum absolute atomic E-state index is 0.331. The maximum Gasteiger partial charge on any atom is 0.161 e. The fraction of sp³-hybridized carbons (Fsp3) is 0.200. The molecule has 0 aliphatic rings. The van der Waals surface area contributed by atoms with Gasteiger partial charge in [-0.05, 0) is 35.4 Å². The van der Waals surface area contributed by atoms with E-state index >= 15 is 0 Å². The minimum Gasteiger partial charge on any atom is -0.493 e. The van der Waals surface area contributed by atoms with Crippen LogP contribution >= 0.6 is 0 Å². The third-order valence-corrected chi connectivity index (χ3v) is 2.97. The van der Waals surface area contributed by atoms with Crippen LogP contribution in [0, 0.1) is 0 Å². The summed E-state index contributed by atoms with van der Waals surface area (Å²) < 4.78 is 10.4. The normalized spacial score (nSPS) is 11.7. The first-order valence-electron chi connectivity index (χ1n) is 5.87. The molecule has 1 aromatic heterocycles. The molecule has 0 saturated carbocycles. The molecule has 0 fully saturated rings. The zero-order chi connectivity index (χ0) is 13.7. The summed E-state index contributed by atoms with van der Waals surface area (Å²) in [5.41, 5.74) is 1.76. The molecule has 0 N–H and O–H groups in total. The predicted octanol–water partition coefficient (Wildman–Crippen LogP) is 2.43. The van der Waals surface area contributed by atoms with Crippen LogP contribution in [0.1, 0.15) is 17.0 Å². The summed E-state index contributed by atoms with van der Waals surface area (Å²) in [5, 5.41) is 0. The molecule has 1 unspecified atom stereocenters. The lowest BCUT2D eigenvalue weighted by molar-refractivity contribution is -0.108. The van der Waals surface area contributed by atoms with Gasteiger partial charge in [0.1, 0.15) is 6.29 Å². The minimum atomic E-state index is -0.331. The van der Waals surface area contributed by atoms with Crippen molar-refractivity contribution in [1.29, 1.82) is 0 Å². The Morgan fingerprint density at radius 2 is 1.68 bits per heavy atom. The largest absolute Gasteiger partial charge is 0.493 e. The van der Waals surface area contributed by atoms with E-state index in [2.05, 4.69) is 4.98 Å². The third kappa shape index (κ3) is 2.73. The molecule has 4 nitrogen and oxygen atoms in total. The van der Waals surface area contributed by atoms with Crippen LogP contribution in [0.25, 0.3) is 0 Å². The number of pyridine rings is 1. The van der Waals surface area contributed by atoms with E-state index < -0.39 is 0 Å². The molecule has 4 heteroatoms. The fourth-order valence-electron chi connectivity index (χ4n) is 1.97. The van der Waals surface area contributed by atoms with Crippen LogP contribution in [-0.4, -0.2) is 25.5 Å². The molecular formula is C15H15NO3. The summed E-state index contributed by atoms with van der Waals surface area (Å²) >= 11 is 0. The summed E-state index contributed by atoms with van der Waals surface area (Å²) in [6, 6.07) is 9.14. The average molecular weight is 257 g/mol. The molecule has 0 spiro atoms. The van der Waals surface area contributed by atoms with Gasteiger partial charge in [-0.3, -0.25) is 4.98 Å². The van der Waals surface area contributed by atoms with Crippen molar-refractivity contribution in [2.24, 2.45) is 0 Å². The molecule has 0 aliphatic carbocycles. The number of hydrogen-bond acceptors (Lipinski definition) is 4. The highest BCUT2D eigenvalue weighted by molar-refractivity contribution is 5.69. The van der Waals surface area contributed by atoms with Gasteiger partial charge in [-0.25, -0.2) is 0 Å². The van der Waals surface area contributed by atoms with Crippen molar-refractivity contribution in [3.8, 4) is 11.5 Å². The molecule has 0 amide bonds. The van der Waals surface area contributed by atoms with Gasteiger partial charge in [0.05, 0.1) is 20.1 Å². The van der Waals surface area contributed by atoms with E-state index in [0.717, 1.165) is 17.4 Å². The van der Waals surface area contributed by atoms with E-state index in [-0.39, 0.29) is 5.92 Å². The Kier molecular flexibility index (Phi) is 4.13. The third-order valence-electron chi connectivity index (χ3n) is 2.97. The number of ether oxygens (including phenoxy) is 2. The molecule has 98 valence electrons. The first kappa shape index (κ1) is 13.1. The van der Waals surface area contributed by atoms with Crippen molar-refractivity contribution in [1.82, 2.24) is 4.98 Å². The Morgan fingerprint density at radius 3 is 2.26 bits per heavy atom. The maximum atomic E-state index is 11.4. The van der Waals surface area contributed by atoms with Gasteiger partial charge < -0.3 is 14.3 Å². The second-order valence-electron chi connectivity index (χ2n) is 4.01. The van der Waals surface area contributed by atoms with E-state index in [9.17, 15) is 4.79 Å². The summed E-state index contributed by atoms with van der Waals surface area (Å²) in [6.07, 6.45) is 4.26. The Bertz CT molecular complexity index is 555. The molecule has 2 aromatic rings. The molecule has 0 radical (unpaired) electrons. The van der Waals surface area contributed by atoms with E-state index in [1.165, 1.54) is 0 Å². The van der Waals surface area contributed by atoms with Gasteiger partial charge in [0, 0.05) is 12.4 Å². The maximum absolute atomic E-state index is 11.4. The Hall–Kier alpha value is -2.36. The van der Waals surface area contributed by atoms with Crippen molar-refractivity contribution < 1.29 is 14.3 Å². The van der Waals surface area contributed by atoms with Gasteiger partial charge in [0.15, 0.2) is 11.5 Å². The number of aromatic nitrogens is 1. The molecule has 2 rings (SSSR count). The topological polar surface area (TPSA) is 48.4 Å². The summed E-state index contributed by atoms with van der Waals surface area (Å²) in [6.45, 7) is 0. The van der Waals surface area contributed by atoms with Crippen LogP contribution in [0.3, 0.4) is 0 Å². The van der Waals surface area contributed by atoms with E-state index in [0.29, 0.717) is 11.5 Å². The van der Waals surface area contributed by atoms with Crippen molar-refractivity contribution in [2.45, 2.75) is 5.92 Å². The van der Waals surface area contributed by atoms with Crippen molar-refractivity contribution in [2.75, 3.05) is 14.2 Å². The highest BCUT2D eigenvalue weighted by Crippen LogP contribution is 2.32. The highest BCUT2D eigenvalue weighted by atomic mass is 16.5. The van der Waals surface area contributed by atoms with Gasteiger partial charge >= 0.3 is 0 Å². The molecule has 1 aromatic carbocycles. The van der Waals surface area contributed by atoms with Crippen LogP contribution in [0.5, 0.6) is 11.5 Å². The fourth-order valence-corrected chi connectivity index (χ4v) is 1.97. The van der Waals surface area contributed by atoms with Gasteiger partial charge in [-0.1, -0.05) is 6.07 Å². The Balaban J connectivity index is 2.42. The second-order valence-corrected chi connectivity index (χ2v) is 4.01. The van der Waals surface area contributed by atoms with Crippen LogP contribution in [0.4, 0.5) is 0 Å². The Morgan fingerprint density at radius 1 is 1.00 bits per heavy atom. The number of hydrogen-bond donors (Lipinski definition) is 0. The van der Waals surface area contributed by atoms with E-state index in [1.807, 2.05) is 24.3 Å². The molecule has 0 saturated heterocycles. The Labute approximate surface area is 112 Å². The first-order chi connectivity index (χ1) is 9.30. The molecule has 1 heterocycles. The summed E-state index contributed by atoms with van der Waals surface area (Å²) in [5.74, 6) is 0.925. The standard InChI is InChI=1S/C15H15NO3/c1-18-14-4-3-12(9-15(14)19-2)13(10-17)11-5-7-16-8-6-11/h3-10,13H,1-2H3. The highest BCUT2D eigenvalue weighted by Gasteiger charge is 2.15. The lowest BCUT2D eigenvalue weighted by atomic mass is 9.93. The van der Waals surface area contributed by atoms with Crippen LogP contribution in [0.2, 0.25) is 0 Å².